The SMILES string of the molecule is c1ccc(-c2c3ccccc3c(-c3cccc4c3oc3ccc(-c5c6ccccc6c(C6C7CC8CC(C7)CC6C8)c6ccccc56)cc34)c3ccccc23)cc1. The predicted octanol–water partition coefficient (Wildman–Crippen LogP) is 15.7. The maximum absolute atomic E-state index is 6.97. The highest BCUT2D eigenvalue weighted by Gasteiger charge is 2.49. The maximum atomic E-state index is 6.97. The molecule has 0 radical (unpaired) electrons. The molecule has 0 aliphatic heterocycles. The molecule has 0 atom stereocenters. The zero-order chi connectivity index (χ0) is 37.2. The first-order valence-electron chi connectivity index (χ1n) is 21.1. The Kier molecular flexibility index (Phi) is 6.82. The molecule has 4 aliphatic rings. The second-order valence-corrected chi connectivity index (χ2v) is 17.5. The number of furan rings is 1. The highest BCUT2D eigenvalue weighted by atomic mass is 16.3. The lowest BCUT2D eigenvalue weighted by Crippen LogP contribution is -2.43. The van der Waals surface area contributed by atoms with E-state index in [0.717, 1.165) is 51.2 Å². The molecule has 0 spiro atoms. The summed E-state index contributed by atoms with van der Waals surface area (Å²) >= 11 is 0. The summed E-state index contributed by atoms with van der Waals surface area (Å²) < 4.78 is 6.97. The second-order valence-electron chi connectivity index (χ2n) is 17.5. The molecule has 1 aromatic heterocycles. The first-order chi connectivity index (χ1) is 28.3. The Labute approximate surface area is 332 Å². The average Bonchev–Trinajstić information content (AvgIpc) is 3.63. The maximum Gasteiger partial charge on any atom is 0.143 e. The van der Waals surface area contributed by atoms with Crippen LogP contribution in [0.1, 0.15) is 43.6 Å². The Morgan fingerprint density at radius 1 is 0.351 bits per heavy atom. The van der Waals surface area contributed by atoms with Gasteiger partial charge in [-0.05, 0) is 145 Å². The fraction of sp³-hybridized carbons (Fsp3) is 0.179. The number of hydrogen-bond donors (Lipinski definition) is 0. The quantitative estimate of drug-likeness (QED) is 0.164. The second kappa shape index (κ2) is 12.2. The van der Waals surface area contributed by atoms with E-state index in [1.807, 2.05) is 0 Å². The van der Waals surface area contributed by atoms with Crippen molar-refractivity contribution >= 4 is 65.0 Å². The van der Waals surface area contributed by atoms with E-state index in [1.54, 1.807) is 5.56 Å². The van der Waals surface area contributed by atoms with Gasteiger partial charge in [-0.3, -0.25) is 0 Å². The van der Waals surface area contributed by atoms with Crippen LogP contribution in [0.15, 0.2) is 168 Å². The number of fused-ring (bicyclic) bond motifs is 7. The van der Waals surface area contributed by atoms with Gasteiger partial charge in [-0.25, -0.2) is 0 Å². The van der Waals surface area contributed by atoms with Gasteiger partial charge >= 0.3 is 0 Å². The summed E-state index contributed by atoms with van der Waals surface area (Å²) in [5.74, 6) is 4.23. The van der Waals surface area contributed by atoms with Crippen LogP contribution in [-0.4, -0.2) is 0 Å². The molecule has 4 saturated carbocycles. The van der Waals surface area contributed by atoms with E-state index in [9.17, 15) is 0 Å². The Hall–Kier alpha value is -6.18. The molecule has 0 unspecified atom stereocenters. The summed E-state index contributed by atoms with van der Waals surface area (Å²) in [5, 5.41) is 13.0. The van der Waals surface area contributed by atoms with Crippen molar-refractivity contribution in [2.75, 3.05) is 0 Å². The van der Waals surface area contributed by atoms with E-state index in [2.05, 4.69) is 164 Å². The van der Waals surface area contributed by atoms with Gasteiger partial charge in [0, 0.05) is 21.9 Å². The van der Waals surface area contributed by atoms with Crippen molar-refractivity contribution in [3.05, 3.63) is 169 Å². The van der Waals surface area contributed by atoms with Crippen LogP contribution in [0.25, 0.3) is 98.4 Å². The molecule has 57 heavy (non-hydrogen) atoms. The summed E-state index contributed by atoms with van der Waals surface area (Å²) in [6.07, 6.45) is 7.20. The largest absolute Gasteiger partial charge is 0.455 e. The van der Waals surface area contributed by atoms with Crippen molar-refractivity contribution in [2.45, 2.75) is 38.0 Å². The minimum atomic E-state index is 0.661. The normalized spacial score (nSPS) is 21.5. The Morgan fingerprint density at radius 2 is 0.825 bits per heavy atom. The molecule has 272 valence electrons. The van der Waals surface area contributed by atoms with Crippen LogP contribution in [0.3, 0.4) is 0 Å². The van der Waals surface area contributed by atoms with Crippen LogP contribution in [0.5, 0.6) is 0 Å². The number of rotatable bonds is 4. The molecule has 14 rings (SSSR count). The van der Waals surface area contributed by atoms with E-state index in [1.165, 1.54) is 103 Å². The third-order valence-electron chi connectivity index (χ3n) is 14.6. The van der Waals surface area contributed by atoms with Gasteiger partial charge in [-0.2, -0.15) is 0 Å². The van der Waals surface area contributed by atoms with Gasteiger partial charge in [0.15, 0.2) is 0 Å². The number of benzene rings is 9. The number of para-hydroxylation sites is 1. The third-order valence-corrected chi connectivity index (χ3v) is 14.6. The average molecular weight is 731 g/mol. The van der Waals surface area contributed by atoms with Gasteiger partial charge in [0.2, 0.25) is 0 Å². The van der Waals surface area contributed by atoms with Crippen molar-refractivity contribution < 1.29 is 4.42 Å². The van der Waals surface area contributed by atoms with Crippen molar-refractivity contribution in [1.29, 1.82) is 0 Å². The van der Waals surface area contributed by atoms with E-state index < -0.39 is 0 Å². The standard InChI is InChI=1S/C56H42O/c1-2-13-35(14-3-1)52-39-15-4-8-19-43(39)54(44-20-9-5-16-40(44)52)48-24-12-23-47-49-32-36(25-26-50(49)57-56(47)48)53-41-17-6-10-21-45(41)55(46-22-11-7-18-42(46)53)51-37-28-33-27-34(30-37)31-38(51)29-33/h1-26,32-34,37-38,51H,27-31H2. The molecule has 9 aromatic carbocycles. The van der Waals surface area contributed by atoms with Gasteiger partial charge in [0.25, 0.3) is 0 Å². The van der Waals surface area contributed by atoms with Crippen molar-refractivity contribution in [3.8, 4) is 33.4 Å². The van der Waals surface area contributed by atoms with Crippen LogP contribution in [-0.2, 0) is 0 Å². The topological polar surface area (TPSA) is 13.1 Å². The summed E-state index contributed by atoms with van der Waals surface area (Å²) in [6.45, 7) is 0. The van der Waals surface area contributed by atoms with Crippen LogP contribution < -0.4 is 0 Å². The molecule has 0 amide bonds. The minimum Gasteiger partial charge on any atom is -0.455 e. The van der Waals surface area contributed by atoms with Crippen LogP contribution in [0.4, 0.5) is 0 Å². The minimum absolute atomic E-state index is 0.661. The lowest BCUT2D eigenvalue weighted by atomic mass is 9.50. The summed E-state index contributed by atoms with van der Waals surface area (Å²) in [6, 6.07) is 61.0. The molecule has 0 N–H and O–H groups in total. The Balaban J connectivity index is 1.03. The third kappa shape index (κ3) is 4.63. The molecular weight excluding hydrogens is 689 g/mol. The lowest BCUT2D eigenvalue weighted by molar-refractivity contribution is -0.00185. The molecule has 10 aromatic rings. The molecule has 1 heterocycles. The van der Waals surface area contributed by atoms with E-state index in [4.69, 9.17) is 4.42 Å². The summed E-state index contributed by atoms with van der Waals surface area (Å²) in [7, 11) is 0. The number of hydrogen-bond acceptors (Lipinski definition) is 1. The van der Waals surface area contributed by atoms with Crippen LogP contribution in [0, 0.1) is 23.7 Å². The van der Waals surface area contributed by atoms with Crippen molar-refractivity contribution in [2.24, 2.45) is 23.7 Å². The van der Waals surface area contributed by atoms with Gasteiger partial charge in [-0.1, -0.05) is 152 Å². The van der Waals surface area contributed by atoms with Crippen molar-refractivity contribution in [3.63, 3.8) is 0 Å². The Bertz CT molecular complexity index is 3110. The van der Waals surface area contributed by atoms with E-state index in [0.29, 0.717) is 5.92 Å². The summed E-state index contributed by atoms with van der Waals surface area (Å²) in [4.78, 5) is 0. The van der Waals surface area contributed by atoms with Crippen LogP contribution >= 0.6 is 0 Å². The molecule has 4 aliphatic carbocycles. The van der Waals surface area contributed by atoms with Crippen molar-refractivity contribution in [1.82, 2.24) is 0 Å². The van der Waals surface area contributed by atoms with E-state index in [-0.39, 0.29) is 0 Å². The van der Waals surface area contributed by atoms with Gasteiger partial charge in [0.05, 0.1) is 0 Å². The highest BCUT2D eigenvalue weighted by Crippen LogP contribution is 2.62. The van der Waals surface area contributed by atoms with E-state index >= 15 is 0 Å². The molecule has 1 heteroatoms. The monoisotopic (exact) mass is 730 g/mol. The molecular formula is C56H42O. The van der Waals surface area contributed by atoms with Gasteiger partial charge < -0.3 is 4.42 Å². The zero-order valence-corrected chi connectivity index (χ0v) is 31.9. The summed E-state index contributed by atoms with van der Waals surface area (Å²) in [5.41, 5.74) is 11.0. The first kappa shape index (κ1) is 32.0. The van der Waals surface area contributed by atoms with Crippen LogP contribution in [0.2, 0.25) is 0 Å². The predicted molar refractivity (Wildman–Crippen MR) is 240 cm³/mol. The molecule has 1 nitrogen and oxygen atoms in total. The lowest BCUT2D eigenvalue weighted by Gasteiger charge is -2.55. The molecule has 0 saturated heterocycles. The molecule has 4 bridgehead atoms. The first-order valence-corrected chi connectivity index (χ1v) is 21.1. The molecule has 4 fully saturated rings. The zero-order valence-electron chi connectivity index (χ0n) is 31.9. The fourth-order valence-electron chi connectivity index (χ4n) is 12.7. The highest BCUT2D eigenvalue weighted by molar-refractivity contribution is 6.24. The Morgan fingerprint density at radius 3 is 1.40 bits per heavy atom. The van der Waals surface area contributed by atoms with Gasteiger partial charge in [-0.15, -0.1) is 0 Å². The fourth-order valence-corrected chi connectivity index (χ4v) is 12.7. The smallest absolute Gasteiger partial charge is 0.143 e. The van der Waals surface area contributed by atoms with Gasteiger partial charge in [0.1, 0.15) is 11.2 Å².